The van der Waals surface area contributed by atoms with Gasteiger partial charge >= 0.3 is 0 Å². The van der Waals surface area contributed by atoms with E-state index in [1.54, 1.807) is 24.4 Å². The Labute approximate surface area is 370 Å². The number of nitrogens with two attached hydrogens (primary N) is 1. The van der Waals surface area contributed by atoms with Crippen LogP contribution in [0.1, 0.15) is 61.9 Å². The summed E-state index contributed by atoms with van der Waals surface area (Å²) < 4.78 is 56.4. The second kappa shape index (κ2) is 18.3. The zero-order valence-electron chi connectivity index (χ0n) is 35.2. The Bertz CT molecular complexity index is 2660. The molecule has 2 saturated heterocycles. The molecule has 1 amide bonds. The number of nitro benzene ring substituents is 1. The smallest absolute Gasteiger partial charge is 0.293 e. The number of carbonyl (C=O) groups is 1. The van der Waals surface area contributed by atoms with Crippen molar-refractivity contribution in [3.05, 3.63) is 123 Å². The van der Waals surface area contributed by atoms with Gasteiger partial charge in [0, 0.05) is 91.9 Å². The number of piperazine rings is 1. The van der Waals surface area contributed by atoms with Crippen molar-refractivity contribution in [1.29, 1.82) is 0 Å². The molecular weight excluding hydrogens is 849 g/mol. The van der Waals surface area contributed by atoms with Crippen LogP contribution in [-0.4, -0.2) is 81.2 Å². The number of carbonyl (C=O) groups excluding carboxylic acids is 1. The average molecular weight is 900 g/mol. The van der Waals surface area contributed by atoms with Crippen LogP contribution in [0.3, 0.4) is 0 Å². The van der Waals surface area contributed by atoms with Gasteiger partial charge in [-0.05, 0) is 103 Å². The summed E-state index contributed by atoms with van der Waals surface area (Å²) in [7, 11) is -4.65. The molecule has 3 aliphatic rings. The third kappa shape index (κ3) is 10.3. The lowest BCUT2D eigenvalue weighted by atomic mass is 9.72. The summed E-state index contributed by atoms with van der Waals surface area (Å²) in [6.45, 7) is 9.16. The number of nitrogens with zero attached hydrogens (tertiary/aromatic N) is 3. The molecule has 1 aromatic heterocycles. The highest BCUT2D eigenvalue weighted by Crippen LogP contribution is 2.44. The number of fused-ring (bicyclic) bond motifs is 1. The molecule has 63 heavy (non-hydrogen) atoms. The molecule has 5 aromatic rings. The van der Waals surface area contributed by atoms with Crippen molar-refractivity contribution in [3.8, 4) is 11.5 Å². The molecule has 2 aliphatic heterocycles. The largest absolute Gasteiger partial charge is 0.453 e. The van der Waals surface area contributed by atoms with E-state index in [4.69, 9.17) is 26.8 Å². The lowest BCUT2D eigenvalue weighted by molar-refractivity contribution is -0.384. The first-order chi connectivity index (χ1) is 30.1. The third-order valence-electron chi connectivity index (χ3n) is 12.3. The van der Waals surface area contributed by atoms with Gasteiger partial charge in [-0.2, -0.15) is 0 Å². The van der Waals surface area contributed by atoms with Crippen LogP contribution in [0.5, 0.6) is 11.5 Å². The van der Waals surface area contributed by atoms with Gasteiger partial charge in [-0.3, -0.25) is 19.8 Å². The molecule has 332 valence electrons. The topological polar surface area (TPSA) is 185 Å². The van der Waals surface area contributed by atoms with E-state index in [-0.39, 0.29) is 34.1 Å². The highest BCUT2D eigenvalue weighted by molar-refractivity contribution is 7.90. The Morgan fingerprint density at radius 3 is 2.57 bits per heavy atom. The van der Waals surface area contributed by atoms with Crippen LogP contribution in [0, 0.1) is 27.3 Å². The average Bonchev–Trinajstić information content (AvgIpc) is 3.71. The number of anilines is 2. The number of hydrogen-bond donors (Lipinski definition) is 4. The molecule has 4 aromatic carbocycles. The van der Waals surface area contributed by atoms with Crippen molar-refractivity contribution in [2.45, 2.75) is 57.1 Å². The van der Waals surface area contributed by atoms with Crippen LogP contribution in [0.4, 0.5) is 21.5 Å². The predicted molar refractivity (Wildman–Crippen MR) is 242 cm³/mol. The van der Waals surface area contributed by atoms with Crippen LogP contribution >= 0.6 is 11.6 Å². The maximum atomic E-state index is 15.5. The number of amides is 1. The minimum atomic E-state index is -4.65. The Morgan fingerprint density at radius 1 is 1.05 bits per heavy atom. The second-order valence-corrected chi connectivity index (χ2v) is 19.5. The number of rotatable bonds is 13. The first-order valence-corrected chi connectivity index (χ1v) is 23.0. The number of nitrogens with one attached hydrogen (secondary N) is 3. The van der Waals surface area contributed by atoms with Crippen LogP contribution in [0.25, 0.3) is 16.5 Å². The number of H-pyrrole nitrogens is 1. The second-order valence-electron chi connectivity index (χ2n) is 17.4. The van der Waals surface area contributed by atoms with Crippen molar-refractivity contribution in [2.24, 2.45) is 17.1 Å². The molecule has 0 radical (unpaired) electrons. The fourth-order valence-corrected chi connectivity index (χ4v) is 9.79. The first-order valence-electron chi connectivity index (χ1n) is 21.1. The van der Waals surface area contributed by atoms with Crippen molar-refractivity contribution in [2.75, 3.05) is 56.1 Å². The quantitative estimate of drug-likeness (QED) is 0.0655. The Morgan fingerprint density at radius 2 is 1.83 bits per heavy atom. The number of nitro groups is 1. The lowest BCUT2D eigenvalue weighted by Gasteiger charge is -2.39. The maximum absolute atomic E-state index is 15.5. The van der Waals surface area contributed by atoms with Gasteiger partial charge in [0.1, 0.15) is 17.7 Å². The van der Waals surface area contributed by atoms with E-state index in [0.29, 0.717) is 60.7 Å². The van der Waals surface area contributed by atoms with E-state index in [1.165, 1.54) is 47.0 Å². The number of halogens is 2. The van der Waals surface area contributed by atoms with Crippen LogP contribution in [0.15, 0.2) is 95.5 Å². The van der Waals surface area contributed by atoms with Gasteiger partial charge in [0.2, 0.25) is 0 Å². The minimum absolute atomic E-state index is 0.0719. The molecule has 0 saturated carbocycles. The van der Waals surface area contributed by atoms with E-state index >= 15 is 4.39 Å². The number of allylic oxidation sites excluding steroid dienone is 1. The number of aromatic nitrogens is 1. The molecule has 1 aliphatic carbocycles. The fourth-order valence-electron chi connectivity index (χ4n) is 8.68. The Hall–Kier alpha value is -5.52. The van der Waals surface area contributed by atoms with E-state index < -0.39 is 43.5 Å². The first kappa shape index (κ1) is 44.1. The van der Waals surface area contributed by atoms with E-state index in [2.05, 4.69) is 46.1 Å². The zero-order valence-corrected chi connectivity index (χ0v) is 36.7. The molecule has 2 unspecified atom stereocenters. The lowest BCUT2D eigenvalue weighted by Crippen LogP contribution is -2.47. The van der Waals surface area contributed by atoms with Crippen molar-refractivity contribution >= 4 is 61.1 Å². The number of ether oxygens (including phenoxy) is 2. The fraction of sp³-hybridized carbons (Fsp3) is 0.370. The summed E-state index contributed by atoms with van der Waals surface area (Å²) in [4.78, 5) is 32.4. The van der Waals surface area contributed by atoms with Crippen molar-refractivity contribution in [1.82, 2.24) is 14.6 Å². The number of hydrogen-bond acceptors (Lipinski definition) is 11. The normalized spacial score (nSPS) is 19.5. The van der Waals surface area contributed by atoms with Gasteiger partial charge in [0.15, 0.2) is 11.6 Å². The third-order valence-corrected chi connectivity index (χ3v) is 13.9. The summed E-state index contributed by atoms with van der Waals surface area (Å²) in [5.41, 5.74) is 10.8. The van der Waals surface area contributed by atoms with Gasteiger partial charge in [-0.15, -0.1) is 0 Å². The van der Waals surface area contributed by atoms with Crippen LogP contribution < -0.4 is 25.4 Å². The van der Waals surface area contributed by atoms with Crippen LogP contribution in [-0.2, 0) is 14.8 Å². The molecule has 17 heteroatoms. The standard InChI is InChI=1S/C46H51ClFN7O7S/c1-46(2)14-11-32(37(26-46)30-3-5-33(47)6-4-30)28-53-16-18-54(19-17-53)34-7-9-36(42(23-34)62-43-22-31-12-15-50-40(31)25-38(43)48)45(56)52-63(59,60)35-8-10-39(41(24-35)55(57)58)51-27-29-13-20-61-44(49)21-29/h3-10,12,15,22-25,29,44,50-51H,11,13-14,16-21,26-28,49H2,1-2H3,(H,52,56). The van der Waals surface area contributed by atoms with E-state index in [0.717, 1.165) is 45.0 Å². The number of aromatic amines is 1. The molecule has 14 nitrogen and oxygen atoms in total. The molecular formula is C46H51ClFN7O7S. The summed E-state index contributed by atoms with van der Waals surface area (Å²) in [5, 5.41) is 16.5. The minimum Gasteiger partial charge on any atom is -0.453 e. The summed E-state index contributed by atoms with van der Waals surface area (Å²) in [5.74, 6) is -1.89. The SMILES string of the molecule is CC1(C)CCC(CN2CCN(c3ccc(C(=O)NS(=O)(=O)c4ccc(NCC5CCOC(N)C5)c([N+](=O)[O-])c4)c(Oc4cc5cc[nH]c5cc4F)c3)CC2)=C(c2ccc(Cl)cc2)C1. The van der Waals surface area contributed by atoms with Gasteiger partial charge in [-0.25, -0.2) is 17.5 Å². The zero-order chi connectivity index (χ0) is 44.5. The summed E-state index contributed by atoms with van der Waals surface area (Å²) in [6.07, 6.45) is 5.64. The van der Waals surface area contributed by atoms with Gasteiger partial charge in [-0.1, -0.05) is 43.2 Å². The Kier molecular flexibility index (Phi) is 12.8. The van der Waals surface area contributed by atoms with E-state index in [9.17, 15) is 23.3 Å². The van der Waals surface area contributed by atoms with Crippen molar-refractivity contribution < 1.29 is 32.0 Å². The number of benzene rings is 4. The molecule has 5 N–H and O–H groups in total. The predicted octanol–water partition coefficient (Wildman–Crippen LogP) is 8.69. The Balaban J connectivity index is 1.01. The monoisotopic (exact) mass is 899 g/mol. The summed E-state index contributed by atoms with van der Waals surface area (Å²) >= 11 is 6.23. The van der Waals surface area contributed by atoms with Crippen LogP contribution in [0.2, 0.25) is 5.02 Å². The molecule has 2 fully saturated rings. The highest BCUT2D eigenvalue weighted by atomic mass is 35.5. The van der Waals surface area contributed by atoms with Gasteiger partial charge < -0.3 is 30.4 Å². The summed E-state index contributed by atoms with van der Waals surface area (Å²) in [6, 6.07) is 20.8. The van der Waals surface area contributed by atoms with Gasteiger partial charge in [0.25, 0.3) is 21.6 Å². The van der Waals surface area contributed by atoms with Crippen molar-refractivity contribution in [3.63, 3.8) is 0 Å². The molecule has 0 spiro atoms. The van der Waals surface area contributed by atoms with Gasteiger partial charge in [0.05, 0.1) is 15.4 Å². The molecule has 3 heterocycles. The molecule has 2 atom stereocenters. The van der Waals surface area contributed by atoms with E-state index in [1.807, 2.05) is 16.9 Å². The number of sulfonamides is 1. The maximum Gasteiger partial charge on any atom is 0.293 e. The molecule has 8 rings (SSSR count). The highest BCUT2D eigenvalue weighted by Gasteiger charge is 2.31. The molecule has 0 bridgehead atoms.